The van der Waals surface area contributed by atoms with Gasteiger partial charge in [0.05, 0.1) is 12.6 Å². The highest BCUT2D eigenvalue weighted by atomic mass is 16.5. The average Bonchev–Trinajstić information content (AvgIpc) is 3.31. The minimum Gasteiger partial charge on any atom is -0.508 e. The fourth-order valence-corrected chi connectivity index (χ4v) is 5.76. The number of carbonyl (C=O) groups excluding carboxylic acids is 3. The Kier molecular flexibility index (Phi) is 9.48. The molecule has 2 atom stereocenters. The predicted molar refractivity (Wildman–Crippen MR) is 160 cm³/mol. The first-order valence-corrected chi connectivity index (χ1v) is 14.3. The molecule has 1 aliphatic heterocycles. The van der Waals surface area contributed by atoms with Gasteiger partial charge < -0.3 is 36.1 Å². The zero-order chi connectivity index (χ0) is 31.3. The number of aromatic hydroxyl groups is 2. The molecule has 10 nitrogen and oxygen atoms in total. The van der Waals surface area contributed by atoms with Gasteiger partial charge in [0, 0.05) is 24.2 Å². The molecular weight excluding hydrogens is 550 g/mol. The van der Waals surface area contributed by atoms with Crippen LogP contribution in [0.4, 0.5) is 4.79 Å². The summed E-state index contributed by atoms with van der Waals surface area (Å²) in [5, 5.41) is 21.2. The summed E-state index contributed by atoms with van der Waals surface area (Å²) in [6, 6.07) is 16.6. The first-order valence-electron chi connectivity index (χ1n) is 14.3. The second kappa shape index (κ2) is 13.1. The van der Waals surface area contributed by atoms with E-state index in [4.69, 9.17) is 20.9 Å². The summed E-state index contributed by atoms with van der Waals surface area (Å²) < 4.78 is 10.9. The van der Waals surface area contributed by atoms with E-state index in [-0.39, 0.29) is 48.2 Å². The molecule has 0 aromatic heterocycles. The Balaban J connectivity index is 1.73. The first-order chi connectivity index (χ1) is 20.4. The van der Waals surface area contributed by atoms with Crippen LogP contribution in [0.2, 0.25) is 0 Å². The molecule has 0 radical (unpaired) electrons. The van der Waals surface area contributed by atoms with Crippen LogP contribution < -0.4 is 16.2 Å². The van der Waals surface area contributed by atoms with Gasteiger partial charge in [0.25, 0.3) is 5.91 Å². The van der Waals surface area contributed by atoms with Crippen molar-refractivity contribution in [2.75, 3.05) is 6.61 Å². The van der Waals surface area contributed by atoms with Crippen LogP contribution in [0, 0.1) is 11.3 Å². The molecule has 0 fully saturated rings. The smallest absolute Gasteiger partial charge is 0.404 e. The van der Waals surface area contributed by atoms with Gasteiger partial charge >= 0.3 is 6.09 Å². The third-order valence-electron chi connectivity index (χ3n) is 7.85. The summed E-state index contributed by atoms with van der Waals surface area (Å²) in [6.45, 7) is 6.79. The fraction of sp³-hybridized carbons (Fsp3) is 0.364. The van der Waals surface area contributed by atoms with E-state index < -0.39 is 29.7 Å². The molecule has 228 valence electrons. The Morgan fingerprint density at radius 2 is 1.72 bits per heavy atom. The zero-order valence-electron chi connectivity index (χ0n) is 24.7. The number of hydrogen-bond donors (Lipinski definition) is 4. The van der Waals surface area contributed by atoms with Gasteiger partial charge in [0.2, 0.25) is 5.91 Å². The Hall–Kier alpha value is -4.73. The molecule has 10 heteroatoms. The van der Waals surface area contributed by atoms with E-state index >= 15 is 0 Å². The molecule has 1 heterocycles. The highest BCUT2D eigenvalue weighted by molar-refractivity contribution is 6.00. The van der Waals surface area contributed by atoms with Gasteiger partial charge in [0.15, 0.2) is 0 Å². The number of hydrogen-bond acceptors (Lipinski definition) is 7. The third kappa shape index (κ3) is 7.38. The maximum absolute atomic E-state index is 14.4. The highest BCUT2D eigenvalue weighted by Crippen LogP contribution is 2.49. The second-order valence-electron chi connectivity index (χ2n) is 11.9. The number of amides is 3. The van der Waals surface area contributed by atoms with E-state index in [0.29, 0.717) is 24.8 Å². The van der Waals surface area contributed by atoms with Gasteiger partial charge in [-0.1, -0.05) is 57.2 Å². The van der Waals surface area contributed by atoms with Crippen LogP contribution in [0.1, 0.15) is 83.5 Å². The normalized spacial score (nSPS) is 15.0. The van der Waals surface area contributed by atoms with Crippen molar-refractivity contribution in [1.29, 1.82) is 0 Å². The number of ether oxygens (including phenoxy) is 2. The minimum absolute atomic E-state index is 0.0507. The standard InChI is InChI=1S/C33H39N3O7/c1-33(2,3)25(11-7-8-14-42-32(35)41)29-24-13-12-21(30(34)39)15-22(24)18-36(29)31(40)28-26(38)16-23(37)17-27(28)43-19-20-9-5-4-6-10-20/h4-6,9-10,12-13,15-17,25,29,37-38H,7-8,11,14,18-19H2,1-3H3,(H2,34,39)(H2,35,41). The molecule has 0 saturated heterocycles. The molecule has 43 heavy (non-hydrogen) atoms. The van der Waals surface area contributed by atoms with Crippen molar-refractivity contribution in [2.45, 2.75) is 59.2 Å². The maximum atomic E-state index is 14.4. The number of unbranched alkanes of at least 4 members (excludes halogenated alkanes) is 1. The molecule has 0 aliphatic carbocycles. The van der Waals surface area contributed by atoms with Gasteiger partial charge in [-0.05, 0) is 59.4 Å². The Morgan fingerprint density at radius 1 is 1.00 bits per heavy atom. The number of nitrogens with zero attached hydrogens (tertiary/aromatic N) is 1. The molecule has 0 spiro atoms. The van der Waals surface area contributed by atoms with Crippen LogP contribution in [0.15, 0.2) is 60.7 Å². The quantitative estimate of drug-likeness (QED) is 0.217. The van der Waals surface area contributed by atoms with Crippen LogP contribution in [-0.2, 0) is 17.9 Å². The van der Waals surface area contributed by atoms with Gasteiger partial charge in [-0.25, -0.2) is 4.79 Å². The molecule has 0 saturated carbocycles. The summed E-state index contributed by atoms with van der Waals surface area (Å²) in [6.07, 6.45) is 1.17. The number of carbonyl (C=O) groups is 3. The molecule has 3 aromatic carbocycles. The van der Waals surface area contributed by atoms with E-state index in [0.717, 1.165) is 22.8 Å². The van der Waals surface area contributed by atoms with Crippen molar-refractivity contribution in [2.24, 2.45) is 22.8 Å². The Morgan fingerprint density at radius 3 is 2.37 bits per heavy atom. The summed E-state index contributed by atoms with van der Waals surface area (Å²) >= 11 is 0. The number of rotatable bonds is 11. The van der Waals surface area contributed by atoms with Crippen LogP contribution in [0.3, 0.4) is 0 Å². The van der Waals surface area contributed by atoms with E-state index in [1.165, 1.54) is 6.07 Å². The van der Waals surface area contributed by atoms with E-state index in [1.807, 2.05) is 36.4 Å². The lowest BCUT2D eigenvalue weighted by molar-refractivity contribution is 0.0459. The first kappa shape index (κ1) is 31.2. The van der Waals surface area contributed by atoms with Crippen LogP contribution in [0.25, 0.3) is 0 Å². The van der Waals surface area contributed by atoms with Crippen molar-refractivity contribution in [1.82, 2.24) is 4.90 Å². The summed E-state index contributed by atoms with van der Waals surface area (Å²) in [5.41, 5.74) is 13.2. The van der Waals surface area contributed by atoms with Crippen LogP contribution in [0.5, 0.6) is 17.2 Å². The van der Waals surface area contributed by atoms with E-state index in [9.17, 15) is 24.6 Å². The lowest BCUT2D eigenvalue weighted by Gasteiger charge is -2.40. The highest BCUT2D eigenvalue weighted by Gasteiger charge is 2.44. The van der Waals surface area contributed by atoms with E-state index in [2.05, 4.69) is 20.8 Å². The SMILES string of the molecule is CC(C)(C)C(CCCCOC(N)=O)C1c2ccc(C(N)=O)cc2CN1C(=O)c1c(O)cc(O)cc1OCc1ccccc1. The predicted octanol–water partition coefficient (Wildman–Crippen LogP) is 5.40. The van der Waals surface area contributed by atoms with Crippen molar-refractivity contribution >= 4 is 17.9 Å². The molecule has 1 aliphatic rings. The summed E-state index contributed by atoms with van der Waals surface area (Å²) in [7, 11) is 0. The van der Waals surface area contributed by atoms with Crippen molar-refractivity contribution in [3.63, 3.8) is 0 Å². The molecule has 6 N–H and O–H groups in total. The fourth-order valence-electron chi connectivity index (χ4n) is 5.76. The van der Waals surface area contributed by atoms with Gasteiger partial charge in [-0.2, -0.15) is 0 Å². The number of phenols is 2. The lowest BCUT2D eigenvalue weighted by Crippen LogP contribution is -2.38. The molecule has 3 amide bonds. The molecular formula is C33H39N3O7. The second-order valence-corrected chi connectivity index (χ2v) is 11.9. The molecule has 0 bridgehead atoms. The van der Waals surface area contributed by atoms with Gasteiger partial charge in [-0.3, -0.25) is 9.59 Å². The summed E-state index contributed by atoms with van der Waals surface area (Å²) in [4.78, 5) is 39.1. The van der Waals surface area contributed by atoms with Crippen molar-refractivity contribution in [3.05, 3.63) is 88.5 Å². The van der Waals surface area contributed by atoms with Gasteiger partial charge in [0.1, 0.15) is 29.4 Å². The monoisotopic (exact) mass is 589 g/mol. The number of nitrogens with two attached hydrogens (primary N) is 2. The Labute approximate surface area is 251 Å². The van der Waals surface area contributed by atoms with Crippen molar-refractivity contribution in [3.8, 4) is 17.2 Å². The lowest BCUT2D eigenvalue weighted by atomic mass is 9.71. The average molecular weight is 590 g/mol. The third-order valence-corrected chi connectivity index (χ3v) is 7.85. The number of benzene rings is 3. The molecule has 3 aromatic rings. The number of primary amides is 2. The molecule has 4 rings (SSSR count). The summed E-state index contributed by atoms with van der Waals surface area (Å²) in [5.74, 6) is -1.72. The van der Waals surface area contributed by atoms with Gasteiger partial charge in [-0.15, -0.1) is 0 Å². The number of fused-ring (bicyclic) bond motifs is 1. The molecule has 2 unspecified atom stereocenters. The zero-order valence-corrected chi connectivity index (χ0v) is 24.7. The minimum atomic E-state index is -0.821. The van der Waals surface area contributed by atoms with Crippen LogP contribution >= 0.6 is 0 Å². The number of phenolic OH excluding ortho intramolecular Hbond substituents is 2. The van der Waals surface area contributed by atoms with Crippen LogP contribution in [-0.4, -0.2) is 39.6 Å². The topological polar surface area (TPSA) is 165 Å². The van der Waals surface area contributed by atoms with E-state index in [1.54, 1.807) is 17.0 Å². The Bertz CT molecular complexity index is 1480. The maximum Gasteiger partial charge on any atom is 0.404 e. The largest absolute Gasteiger partial charge is 0.508 e. The van der Waals surface area contributed by atoms with Crippen molar-refractivity contribution < 1.29 is 34.1 Å².